The second-order valence-electron chi connectivity index (χ2n) is 4.10. The number of aliphatic imine (C=N–C) groups is 1. The Morgan fingerprint density at radius 1 is 1.57 bits per heavy atom. The van der Waals surface area contributed by atoms with Crippen LogP contribution in [0, 0.1) is 0 Å². The van der Waals surface area contributed by atoms with Gasteiger partial charge in [0.1, 0.15) is 0 Å². The highest BCUT2D eigenvalue weighted by molar-refractivity contribution is 8.00. The quantitative estimate of drug-likeness (QED) is 0.708. The van der Waals surface area contributed by atoms with Crippen LogP contribution in [0.3, 0.4) is 0 Å². The van der Waals surface area contributed by atoms with Gasteiger partial charge in [-0.25, -0.2) is 0 Å². The second-order valence-corrected chi connectivity index (χ2v) is 5.58. The molecule has 3 nitrogen and oxygen atoms in total. The molecule has 2 unspecified atom stereocenters. The van der Waals surface area contributed by atoms with E-state index >= 15 is 0 Å². The van der Waals surface area contributed by atoms with Crippen LogP contribution in [-0.2, 0) is 0 Å². The third kappa shape index (κ3) is 2.16. The van der Waals surface area contributed by atoms with Crippen molar-refractivity contribution in [2.45, 2.75) is 31.1 Å². The fourth-order valence-electron chi connectivity index (χ4n) is 1.96. The van der Waals surface area contributed by atoms with Gasteiger partial charge in [0, 0.05) is 31.4 Å². The Hall–Kier alpha value is -0.380. The Kier molecular flexibility index (Phi) is 3.21. The van der Waals surface area contributed by atoms with Crippen LogP contribution < -0.4 is 5.32 Å². The van der Waals surface area contributed by atoms with Crippen LogP contribution in [0.15, 0.2) is 4.99 Å². The third-order valence-electron chi connectivity index (χ3n) is 2.97. The monoisotopic (exact) mass is 213 g/mol. The summed E-state index contributed by atoms with van der Waals surface area (Å²) in [7, 11) is 2.12. The summed E-state index contributed by atoms with van der Waals surface area (Å²) in [5.74, 6) is 2.39. The lowest BCUT2D eigenvalue weighted by molar-refractivity contribution is 0.431. The summed E-state index contributed by atoms with van der Waals surface area (Å²) in [6, 6.07) is 0.624. The lowest BCUT2D eigenvalue weighted by atomic mass is 10.2. The molecule has 0 aromatic heterocycles. The van der Waals surface area contributed by atoms with Crippen molar-refractivity contribution in [2.75, 3.05) is 25.9 Å². The summed E-state index contributed by atoms with van der Waals surface area (Å²) in [6.45, 7) is 4.43. The van der Waals surface area contributed by atoms with E-state index in [1.165, 1.54) is 18.6 Å². The summed E-state index contributed by atoms with van der Waals surface area (Å²) in [4.78, 5) is 6.77. The van der Waals surface area contributed by atoms with Gasteiger partial charge in [0.2, 0.25) is 0 Å². The van der Waals surface area contributed by atoms with Crippen LogP contribution in [0.1, 0.15) is 19.8 Å². The van der Waals surface area contributed by atoms with Crippen molar-refractivity contribution in [3.05, 3.63) is 0 Å². The maximum absolute atomic E-state index is 4.53. The molecule has 1 saturated heterocycles. The predicted molar refractivity (Wildman–Crippen MR) is 63.0 cm³/mol. The largest absolute Gasteiger partial charge is 0.352 e. The lowest BCUT2D eigenvalue weighted by Crippen LogP contribution is -2.48. The van der Waals surface area contributed by atoms with Gasteiger partial charge < -0.3 is 10.2 Å². The molecule has 0 saturated carbocycles. The van der Waals surface area contributed by atoms with Gasteiger partial charge in [-0.3, -0.25) is 4.99 Å². The molecule has 0 amide bonds. The molecular weight excluding hydrogens is 194 g/mol. The number of nitrogens with zero attached hydrogens (tertiary/aromatic N) is 2. The van der Waals surface area contributed by atoms with Crippen molar-refractivity contribution >= 4 is 17.7 Å². The summed E-state index contributed by atoms with van der Waals surface area (Å²) < 4.78 is 0. The molecule has 0 aromatic rings. The van der Waals surface area contributed by atoms with Gasteiger partial charge in [0.25, 0.3) is 0 Å². The van der Waals surface area contributed by atoms with Gasteiger partial charge >= 0.3 is 0 Å². The molecule has 2 heterocycles. The van der Waals surface area contributed by atoms with Crippen LogP contribution in [0.4, 0.5) is 0 Å². The topological polar surface area (TPSA) is 27.6 Å². The highest BCUT2D eigenvalue weighted by Crippen LogP contribution is 2.26. The summed E-state index contributed by atoms with van der Waals surface area (Å²) in [6.07, 6.45) is 2.47. The van der Waals surface area contributed by atoms with Crippen LogP contribution in [0.2, 0.25) is 0 Å². The Bertz CT molecular complexity index is 229. The first-order valence-corrected chi connectivity index (χ1v) is 6.46. The van der Waals surface area contributed by atoms with E-state index in [2.05, 4.69) is 40.9 Å². The summed E-state index contributed by atoms with van der Waals surface area (Å²) in [5.41, 5.74) is 0. The van der Waals surface area contributed by atoms with Crippen molar-refractivity contribution in [3.63, 3.8) is 0 Å². The first-order chi connectivity index (χ1) is 6.77. The SMILES string of the molecule is CC1SCCC1NC1=NCCCN1C. The van der Waals surface area contributed by atoms with Crippen LogP contribution in [0.25, 0.3) is 0 Å². The minimum Gasteiger partial charge on any atom is -0.352 e. The van der Waals surface area contributed by atoms with Crippen LogP contribution in [0.5, 0.6) is 0 Å². The highest BCUT2D eigenvalue weighted by atomic mass is 32.2. The van der Waals surface area contributed by atoms with Gasteiger partial charge in [-0.15, -0.1) is 0 Å². The molecule has 2 aliphatic rings. The molecule has 14 heavy (non-hydrogen) atoms. The number of rotatable bonds is 1. The molecule has 0 bridgehead atoms. The number of thioether (sulfide) groups is 1. The zero-order valence-corrected chi connectivity index (χ0v) is 9.81. The Morgan fingerprint density at radius 3 is 3.07 bits per heavy atom. The molecule has 0 radical (unpaired) electrons. The van der Waals surface area contributed by atoms with Crippen molar-refractivity contribution in [3.8, 4) is 0 Å². The van der Waals surface area contributed by atoms with Crippen molar-refractivity contribution in [1.29, 1.82) is 0 Å². The van der Waals surface area contributed by atoms with Gasteiger partial charge in [0.15, 0.2) is 5.96 Å². The molecule has 0 spiro atoms. The predicted octanol–water partition coefficient (Wildman–Crippen LogP) is 1.16. The number of hydrogen-bond acceptors (Lipinski definition) is 4. The Labute approximate surface area is 90.3 Å². The second kappa shape index (κ2) is 4.43. The first kappa shape index (κ1) is 10.1. The van der Waals surface area contributed by atoms with E-state index in [9.17, 15) is 0 Å². The molecular formula is C10H19N3S. The van der Waals surface area contributed by atoms with Crippen molar-refractivity contribution in [1.82, 2.24) is 10.2 Å². The van der Waals surface area contributed by atoms with Crippen LogP contribution in [-0.4, -0.2) is 48.0 Å². The fourth-order valence-corrected chi connectivity index (χ4v) is 3.16. The first-order valence-electron chi connectivity index (χ1n) is 5.41. The maximum Gasteiger partial charge on any atom is 0.193 e. The third-order valence-corrected chi connectivity index (χ3v) is 4.29. The normalized spacial score (nSPS) is 33.0. The highest BCUT2D eigenvalue weighted by Gasteiger charge is 2.26. The molecule has 0 aliphatic carbocycles. The summed E-state index contributed by atoms with van der Waals surface area (Å²) in [5, 5.41) is 4.30. The van der Waals surface area contributed by atoms with E-state index in [-0.39, 0.29) is 0 Å². The van der Waals surface area contributed by atoms with Gasteiger partial charge in [0.05, 0.1) is 0 Å². The minimum absolute atomic E-state index is 0.624. The van der Waals surface area contributed by atoms with Gasteiger partial charge in [-0.1, -0.05) is 6.92 Å². The minimum atomic E-state index is 0.624. The van der Waals surface area contributed by atoms with Crippen LogP contribution >= 0.6 is 11.8 Å². The van der Waals surface area contributed by atoms with Gasteiger partial charge in [-0.2, -0.15) is 11.8 Å². The molecule has 0 aromatic carbocycles. The Balaban J connectivity index is 1.92. The fraction of sp³-hybridized carbons (Fsp3) is 0.900. The van der Waals surface area contributed by atoms with E-state index in [1.807, 2.05) is 0 Å². The van der Waals surface area contributed by atoms with E-state index < -0.39 is 0 Å². The van der Waals surface area contributed by atoms with Gasteiger partial charge in [-0.05, 0) is 18.6 Å². The standard InChI is InChI=1S/C10H19N3S/c1-8-9(4-7-14-8)12-10-11-5-3-6-13(10)2/h8-9H,3-7H2,1-2H3,(H,11,12). The van der Waals surface area contributed by atoms with E-state index in [0.717, 1.165) is 24.3 Å². The molecule has 2 aliphatic heterocycles. The average molecular weight is 213 g/mol. The zero-order valence-electron chi connectivity index (χ0n) is 8.99. The molecule has 1 fully saturated rings. The maximum atomic E-state index is 4.53. The number of guanidine groups is 1. The van der Waals surface area contributed by atoms with E-state index in [0.29, 0.717) is 6.04 Å². The molecule has 2 atom stereocenters. The molecule has 4 heteroatoms. The molecule has 1 N–H and O–H groups in total. The van der Waals surface area contributed by atoms with Crippen molar-refractivity contribution in [2.24, 2.45) is 4.99 Å². The number of nitrogens with one attached hydrogen (secondary N) is 1. The molecule has 2 rings (SSSR count). The summed E-state index contributed by atoms with van der Waals surface area (Å²) >= 11 is 2.06. The zero-order chi connectivity index (χ0) is 9.97. The van der Waals surface area contributed by atoms with E-state index in [4.69, 9.17) is 0 Å². The number of hydrogen-bond donors (Lipinski definition) is 1. The molecule has 80 valence electrons. The average Bonchev–Trinajstić information content (AvgIpc) is 2.56. The van der Waals surface area contributed by atoms with E-state index in [1.54, 1.807) is 0 Å². The smallest absolute Gasteiger partial charge is 0.193 e. The Morgan fingerprint density at radius 2 is 2.43 bits per heavy atom. The lowest BCUT2D eigenvalue weighted by Gasteiger charge is -2.29. The van der Waals surface area contributed by atoms with Crippen molar-refractivity contribution < 1.29 is 0 Å².